The lowest BCUT2D eigenvalue weighted by atomic mass is 10.1. The second-order valence-corrected chi connectivity index (χ2v) is 11.9. The number of nitrogens with one attached hydrogen (secondary N) is 1. The molecule has 5 nitrogen and oxygen atoms in total. The molecule has 0 heterocycles. The summed E-state index contributed by atoms with van der Waals surface area (Å²) in [6.45, 7) is 12.2. The first-order valence-corrected chi connectivity index (χ1v) is 14.2. The largest absolute Gasteiger partial charge is 0.500 e. The minimum atomic E-state index is -2.48. The molecule has 0 rings (SSSR count). The van der Waals surface area contributed by atoms with Crippen molar-refractivity contribution in [1.29, 1.82) is 0 Å². The first-order chi connectivity index (χ1) is 13.5. The van der Waals surface area contributed by atoms with Crippen molar-refractivity contribution in [3.05, 3.63) is 0 Å². The van der Waals surface area contributed by atoms with Gasteiger partial charge in [-0.05, 0) is 44.6 Å². The van der Waals surface area contributed by atoms with Crippen LogP contribution in [0.2, 0.25) is 6.04 Å². The van der Waals surface area contributed by atoms with E-state index in [9.17, 15) is 0 Å². The van der Waals surface area contributed by atoms with Crippen LogP contribution in [0.3, 0.4) is 0 Å². The molecule has 0 aliphatic heterocycles. The molecule has 28 heavy (non-hydrogen) atoms. The standard InChI is InChI=1S/C21H48N2O3SSi/c1-8-12-13-14-15-16-18-21(27-11-4,23(9-2)10-3)22-19-17-20-28(24-5,25-6)26-7/h22H,8-20H2,1-7H3. The third kappa shape index (κ3) is 9.91. The molecule has 170 valence electrons. The van der Waals surface area contributed by atoms with E-state index in [0.717, 1.165) is 37.9 Å². The van der Waals surface area contributed by atoms with E-state index < -0.39 is 8.80 Å². The lowest BCUT2D eigenvalue weighted by molar-refractivity contribution is 0.119. The molecule has 0 aromatic heterocycles. The van der Waals surface area contributed by atoms with Gasteiger partial charge in [-0.25, -0.2) is 0 Å². The Morgan fingerprint density at radius 3 is 1.89 bits per heavy atom. The van der Waals surface area contributed by atoms with Gasteiger partial charge in [0.1, 0.15) is 4.99 Å². The summed E-state index contributed by atoms with van der Waals surface area (Å²) in [5.74, 6) is 1.12. The fourth-order valence-corrected chi connectivity index (χ4v) is 6.97. The molecule has 0 aromatic carbocycles. The molecular formula is C21H48N2O3SSi. The molecular weight excluding hydrogens is 388 g/mol. The maximum atomic E-state index is 5.57. The Bertz CT molecular complexity index is 350. The highest BCUT2D eigenvalue weighted by molar-refractivity contribution is 8.00. The molecule has 0 spiro atoms. The van der Waals surface area contributed by atoms with Crippen molar-refractivity contribution in [2.24, 2.45) is 0 Å². The van der Waals surface area contributed by atoms with Crippen LogP contribution in [0.4, 0.5) is 0 Å². The molecule has 0 aliphatic carbocycles. The highest BCUT2D eigenvalue weighted by Crippen LogP contribution is 2.33. The van der Waals surface area contributed by atoms with Crippen LogP contribution >= 0.6 is 11.8 Å². The average molecular weight is 437 g/mol. The molecule has 0 saturated carbocycles. The third-order valence-corrected chi connectivity index (χ3v) is 9.73. The molecule has 0 bridgehead atoms. The summed E-state index contributed by atoms with van der Waals surface area (Å²) in [5.41, 5.74) is 0. The maximum Gasteiger partial charge on any atom is 0.500 e. The Labute approximate surface area is 181 Å². The normalized spacial score (nSPS) is 14.6. The molecule has 7 heteroatoms. The first-order valence-electron chi connectivity index (χ1n) is 11.3. The van der Waals surface area contributed by atoms with Crippen molar-refractivity contribution in [3.8, 4) is 0 Å². The molecule has 1 atom stereocenters. The van der Waals surface area contributed by atoms with Crippen LogP contribution in [0.25, 0.3) is 0 Å². The number of rotatable bonds is 20. The van der Waals surface area contributed by atoms with Crippen molar-refractivity contribution in [1.82, 2.24) is 10.2 Å². The Morgan fingerprint density at radius 2 is 1.39 bits per heavy atom. The van der Waals surface area contributed by atoms with Crippen LogP contribution in [0, 0.1) is 0 Å². The predicted octanol–water partition coefficient (Wildman–Crippen LogP) is 5.34. The summed E-state index contributed by atoms with van der Waals surface area (Å²) in [5, 5.41) is 3.93. The lowest BCUT2D eigenvalue weighted by Gasteiger charge is -2.44. The van der Waals surface area contributed by atoms with Gasteiger partial charge in [0.05, 0.1) is 0 Å². The molecule has 0 radical (unpaired) electrons. The minimum absolute atomic E-state index is 0.0282. The van der Waals surface area contributed by atoms with Crippen molar-refractivity contribution >= 4 is 20.6 Å². The number of unbranched alkanes of at least 4 members (excludes halogenated alkanes) is 5. The van der Waals surface area contributed by atoms with Gasteiger partial charge < -0.3 is 13.3 Å². The fraction of sp³-hybridized carbons (Fsp3) is 1.00. The Morgan fingerprint density at radius 1 is 0.821 bits per heavy atom. The molecule has 1 unspecified atom stereocenters. The predicted molar refractivity (Wildman–Crippen MR) is 126 cm³/mol. The van der Waals surface area contributed by atoms with E-state index in [1.165, 1.54) is 44.9 Å². The van der Waals surface area contributed by atoms with Crippen LogP contribution < -0.4 is 5.32 Å². The van der Waals surface area contributed by atoms with Crippen molar-refractivity contribution in [2.75, 3.05) is 46.7 Å². The van der Waals surface area contributed by atoms with Gasteiger partial charge >= 0.3 is 8.80 Å². The highest BCUT2D eigenvalue weighted by Gasteiger charge is 2.38. The Kier molecular flexibility index (Phi) is 17.3. The second kappa shape index (κ2) is 17.1. The summed E-state index contributed by atoms with van der Waals surface area (Å²) in [4.78, 5) is 2.63. The Hall–Kier alpha value is 0.367. The average Bonchev–Trinajstić information content (AvgIpc) is 2.72. The molecule has 0 aromatic rings. The summed E-state index contributed by atoms with van der Waals surface area (Å²) >= 11 is 2.06. The summed E-state index contributed by atoms with van der Waals surface area (Å²) in [6.07, 6.45) is 10.2. The van der Waals surface area contributed by atoms with Crippen molar-refractivity contribution in [3.63, 3.8) is 0 Å². The zero-order valence-corrected chi connectivity index (χ0v) is 21.6. The second-order valence-electron chi connectivity index (χ2n) is 7.23. The third-order valence-electron chi connectivity index (χ3n) is 5.52. The van der Waals surface area contributed by atoms with Gasteiger partial charge in [0.2, 0.25) is 0 Å². The SMILES string of the molecule is CCCCCCCCC(NCCC[Si](OC)(OC)OC)(SCC)N(CC)CC. The van der Waals surface area contributed by atoms with Gasteiger partial charge in [-0.2, -0.15) is 0 Å². The number of hydrogen-bond donors (Lipinski definition) is 1. The quantitative estimate of drug-likeness (QED) is 0.158. The van der Waals surface area contributed by atoms with E-state index in [1.807, 2.05) is 0 Å². The van der Waals surface area contributed by atoms with Crippen LogP contribution in [0.5, 0.6) is 0 Å². The molecule has 1 N–H and O–H groups in total. The van der Waals surface area contributed by atoms with Gasteiger partial charge in [-0.1, -0.05) is 59.8 Å². The number of thioether (sulfide) groups is 1. The smallest absolute Gasteiger partial charge is 0.377 e. The Balaban J connectivity index is 4.85. The van der Waals surface area contributed by atoms with Gasteiger partial charge in [-0.15, -0.1) is 11.8 Å². The van der Waals surface area contributed by atoms with Crippen molar-refractivity contribution in [2.45, 2.75) is 90.1 Å². The van der Waals surface area contributed by atoms with E-state index in [1.54, 1.807) is 21.3 Å². The zero-order valence-electron chi connectivity index (χ0n) is 19.8. The summed E-state index contributed by atoms with van der Waals surface area (Å²) < 4.78 is 16.7. The molecule has 0 aliphatic rings. The monoisotopic (exact) mass is 436 g/mol. The van der Waals surface area contributed by atoms with E-state index >= 15 is 0 Å². The summed E-state index contributed by atoms with van der Waals surface area (Å²) in [6, 6.07) is 0.839. The highest BCUT2D eigenvalue weighted by atomic mass is 32.2. The van der Waals surface area contributed by atoms with Crippen LogP contribution in [0.1, 0.15) is 79.1 Å². The van der Waals surface area contributed by atoms with Crippen LogP contribution in [-0.4, -0.2) is 65.4 Å². The van der Waals surface area contributed by atoms with E-state index in [0.29, 0.717) is 0 Å². The maximum absolute atomic E-state index is 5.57. The topological polar surface area (TPSA) is 43.0 Å². The van der Waals surface area contributed by atoms with Gasteiger partial charge in [-0.3, -0.25) is 10.2 Å². The minimum Gasteiger partial charge on any atom is -0.377 e. The number of nitrogens with zero attached hydrogens (tertiary/aromatic N) is 1. The first kappa shape index (κ1) is 28.4. The van der Waals surface area contributed by atoms with Gasteiger partial charge in [0.15, 0.2) is 0 Å². The molecule has 0 amide bonds. The number of hydrogen-bond acceptors (Lipinski definition) is 6. The van der Waals surface area contributed by atoms with Gasteiger partial charge in [0, 0.05) is 27.4 Å². The zero-order chi connectivity index (χ0) is 21.3. The van der Waals surface area contributed by atoms with Gasteiger partial charge in [0.25, 0.3) is 0 Å². The van der Waals surface area contributed by atoms with E-state index in [-0.39, 0.29) is 4.99 Å². The van der Waals surface area contributed by atoms with E-state index in [4.69, 9.17) is 13.3 Å². The molecule has 0 saturated heterocycles. The fourth-order valence-electron chi connectivity index (χ4n) is 3.84. The van der Waals surface area contributed by atoms with Crippen molar-refractivity contribution < 1.29 is 13.3 Å². The molecule has 0 fully saturated rings. The lowest BCUT2D eigenvalue weighted by Crippen LogP contribution is -2.57. The summed E-state index contributed by atoms with van der Waals surface area (Å²) in [7, 11) is 2.60. The van der Waals surface area contributed by atoms with Crippen LogP contribution in [-0.2, 0) is 13.3 Å². The van der Waals surface area contributed by atoms with Crippen LogP contribution in [0.15, 0.2) is 0 Å². The van der Waals surface area contributed by atoms with E-state index in [2.05, 4.69) is 49.7 Å².